The van der Waals surface area contributed by atoms with E-state index in [-0.39, 0.29) is 11.4 Å². The minimum atomic E-state index is -0.457. The first kappa shape index (κ1) is 11.2. The lowest BCUT2D eigenvalue weighted by molar-refractivity contribution is 0.0520. The average molecular weight is 232 g/mol. The number of H-pyrrole nitrogens is 1. The van der Waals surface area contributed by atoms with Gasteiger partial charge in [-0.25, -0.2) is 9.78 Å². The number of esters is 1. The second-order valence-corrected chi connectivity index (χ2v) is 3.38. The Hall–Kier alpha value is -2.30. The predicted molar refractivity (Wildman–Crippen MR) is 61.6 cm³/mol. The third kappa shape index (κ3) is 2.28. The summed E-state index contributed by atoms with van der Waals surface area (Å²) in [6.07, 6.45) is 1.39. The van der Waals surface area contributed by atoms with Crippen molar-refractivity contribution in [2.24, 2.45) is 0 Å². The van der Waals surface area contributed by atoms with Crippen LogP contribution in [-0.2, 0) is 4.74 Å². The maximum Gasteiger partial charge on any atom is 0.356 e. The van der Waals surface area contributed by atoms with Crippen molar-refractivity contribution in [3.8, 4) is 17.1 Å². The highest BCUT2D eigenvalue weighted by Gasteiger charge is 2.12. The van der Waals surface area contributed by atoms with Crippen LogP contribution in [0, 0.1) is 0 Å². The molecule has 1 aromatic carbocycles. The number of nitrogens with zero attached hydrogens (tertiary/aromatic N) is 1. The average Bonchev–Trinajstić information content (AvgIpc) is 2.79. The molecular formula is C12H12N2O3. The molecule has 0 radical (unpaired) electrons. The maximum atomic E-state index is 11.4. The maximum absolute atomic E-state index is 11.4. The minimum Gasteiger partial charge on any atom is -0.507 e. The first-order valence-electron chi connectivity index (χ1n) is 5.23. The van der Waals surface area contributed by atoms with Crippen LogP contribution in [0.3, 0.4) is 0 Å². The van der Waals surface area contributed by atoms with E-state index in [4.69, 9.17) is 4.74 Å². The van der Waals surface area contributed by atoms with Gasteiger partial charge in [0.25, 0.3) is 0 Å². The molecule has 0 amide bonds. The van der Waals surface area contributed by atoms with Gasteiger partial charge in [-0.1, -0.05) is 12.1 Å². The summed E-state index contributed by atoms with van der Waals surface area (Å²) in [6, 6.07) is 6.76. The molecule has 0 aliphatic carbocycles. The van der Waals surface area contributed by atoms with Crippen molar-refractivity contribution in [2.75, 3.05) is 6.61 Å². The van der Waals surface area contributed by atoms with E-state index in [0.29, 0.717) is 18.0 Å². The van der Waals surface area contributed by atoms with E-state index >= 15 is 0 Å². The molecule has 2 rings (SSSR count). The summed E-state index contributed by atoms with van der Waals surface area (Å²) < 4.78 is 4.83. The number of phenols is 1. The van der Waals surface area contributed by atoms with Crippen molar-refractivity contribution in [2.45, 2.75) is 6.92 Å². The summed E-state index contributed by atoms with van der Waals surface area (Å²) in [5, 5.41) is 9.64. The Balaban J connectivity index is 2.30. The third-order valence-corrected chi connectivity index (χ3v) is 2.23. The third-order valence-electron chi connectivity index (χ3n) is 2.23. The van der Waals surface area contributed by atoms with Gasteiger partial charge >= 0.3 is 5.97 Å². The van der Waals surface area contributed by atoms with Crippen molar-refractivity contribution >= 4 is 5.97 Å². The zero-order valence-corrected chi connectivity index (χ0v) is 9.30. The molecule has 5 heteroatoms. The number of nitrogens with one attached hydrogen (secondary N) is 1. The largest absolute Gasteiger partial charge is 0.507 e. The number of rotatable bonds is 3. The second-order valence-electron chi connectivity index (χ2n) is 3.38. The SMILES string of the molecule is CCOC(=O)c1cnc(-c2ccccc2O)[nH]1. The van der Waals surface area contributed by atoms with Gasteiger partial charge in [0.2, 0.25) is 0 Å². The number of carbonyl (C=O) groups excluding carboxylic acids is 1. The standard InChI is InChI=1S/C12H12N2O3/c1-2-17-12(16)9-7-13-11(14-9)8-5-3-4-6-10(8)15/h3-7,15H,2H2,1H3,(H,13,14). The zero-order chi connectivity index (χ0) is 12.3. The van der Waals surface area contributed by atoms with E-state index in [0.717, 1.165) is 0 Å². The number of ether oxygens (including phenoxy) is 1. The number of benzene rings is 1. The molecule has 0 fully saturated rings. The lowest BCUT2D eigenvalue weighted by Crippen LogP contribution is -2.04. The molecule has 1 heterocycles. The Morgan fingerprint density at radius 1 is 1.47 bits per heavy atom. The van der Waals surface area contributed by atoms with E-state index in [1.807, 2.05) is 0 Å². The Labute approximate surface area is 98.1 Å². The fraction of sp³-hybridized carbons (Fsp3) is 0.167. The minimum absolute atomic E-state index is 0.109. The molecule has 0 bridgehead atoms. The lowest BCUT2D eigenvalue weighted by Gasteiger charge is -2.00. The molecule has 17 heavy (non-hydrogen) atoms. The number of para-hydroxylation sites is 1. The molecule has 0 aliphatic heterocycles. The summed E-state index contributed by atoms with van der Waals surface area (Å²) in [7, 11) is 0. The number of aromatic nitrogens is 2. The summed E-state index contributed by atoms with van der Waals surface area (Å²) >= 11 is 0. The highest BCUT2D eigenvalue weighted by molar-refractivity contribution is 5.87. The van der Waals surface area contributed by atoms with Crippen LogP contribution in [0.4, 0.5) is 0 Å². The van der Waals surface area contributed by atoms with Crippen molar-refractivity contribution in [3.63, 3.8) is 0 Å². The number of hydrogen-bond donors (Lipinski definition) is 2. The van der Waals surface area contributed by atoms with Crippen LogP contribution in [0.1, 0.15) is 17.4 Å². The fourth-order valence-corrected chi connectivity index (χ4v) is 1.44. The van der Waals surface area contributed by atoms with Gasteiger partial charge in [0.05, 0.1) is 18.4 Å². The van der Waals surface area contributed by atoms with Crippen LogP contribution in [0.15, 0.2) is 30.5 Å². The van der Waals surface area contributed by atoms with Crippen molar-refractivity contribution < 1.29 is 14.6 Å². The first-order chi connectivity index (χ1) is 8.22. The number of phenolic OH excluding ortho intramolecular Hbond substituents is 1. The van der Waals surface area contributed by atoms with E-state index < -0.39 is 5.97 Å². The Bertz CT molecular complexity index is 534. The van der Waals surface area contributed by atoms with Crippen LogP contribution in [0.2, 0.25) is 0 Å². The van der Waals surface area contributed by atoms with Crippen molar-refractivity contribution in [1.82, 2.24) is 9.97 Å². The molecule has 0 saturated carbocycles. The van der Waals surface area contributed by atoms with Gasteiger partial charge in [0.15, 0.2) is 0 Å². The summed E-state index contributed by atoms with van der Waals surface area (Å²) in [4.78, 5) is 18.3. The highest BCUT2D eigenvalue weighted by Crippen LogP contribution is 2.25. The lowest BCUT2D eigenvalue weighted by atomic mass is 10.2. The monoisotopic (exact) mass is 232 g/mol. The van der Waals surface area contributed by atoms with Crippen LogP contribution >= 0.6 is 0 Å². The number of aromatic hydroxyl groups is 1. The second kappa shape index (κ2) is 4.69. The number of carbonyl (C=O) groups is 1. The number of aromatic amines is 1. The first-order valence-corrected chi connectivity index (χ1v) is 5.23. The molecule has 0 saturated heterocycles. The number of hydrogen-bond acceptors (Lipinski definition) is 4. The van der Waals surface area contributed by atoms with Gasteiger partial charge in [0, 0.05) is 0 Å². The quantitative estimate of drug-likeness (QED) is 0.793. The normalized spacial score (nSPS) is 10.2. The van der Waals surface area contributed by atoms with Crippen LogP contribution in [-0.4, -0.2) is 27.7 Å². The molecule has 0 spiro atoms. The van der Waals surface area contributed by atoms with Crippen molar-refractivity contribution in [3.05, 3.63) is 36.2 Å². The predicted octanol–water partition coefficient (Wildman–Crippen LogP) is 1.96. The molecule has 0 atom stereocenters. The summed E-state index contributed by atoms with van der Waals surface area (Å²) in [6.45, 7) is 2.04. The van der Waals surface area contributed by atoms with Crippen molar-refractivity contribution in [1.29, 1.82) is 0 Å². The zero-order valence-electron chi connectivity index (χ0n) is 9.30. The highest BCUT2D eigenvalue weighted by atomic mass is 16.5. The molecule has 0 aliphatic rings. The Morgan fingerprint density at radius 2 is 2.24 bits per heavy atom. The van der Waals surface area contributed by atoms with E-state index in [9.17, 15) is 9.90 Å². The number of imidazole rings is 1. The van der Waals surface area contributed by atoms with Crippen LogP contribution < -0.4 is 0 Å². The molecule has 2 aromatic rings. The smallest absolute Gasteiger partial charge is 0.356 e. The molecule has 2 N–H and O–H groups in total. The topological polar surface area (TPSA) is 75.2 Å². The summed E-state index contributed by atoms with van der Waals surface area (Å²) in [5.74, 6) is 0.0880. The van der Waals surface area contributed by atoms with Gasteiger partial charge in [-0.15, -0.1) is 0 Å². The fourth-order valence-electron chi connectivity index (χ4n) is 1.44. The molecule has 88 valence electrons. The molecular weight excluding hydrogens is 220 g/mol. The Morgan fingerprint density at radius 3 is 2.94 bits per heavy atom. The van der Waals surface area contributed by atoms with Gasteiger partial charge in [-0.3, -0.25) is 0 Å². The van der Waals surface area contributed by atoms with Gasteiger partial charge < -0.3 is 14.8 Å². The molecule has 1 aromatic heterocycles. The Kier molecular flexibility index (Phi) is 3.09. The van der Waals surface area contributed by atoms with E-state index in [1.165, 1.54) is 6.20 Å². The van der Waals surface area contributed by atoms with Crippen LogP contribution in [0.25, 0.3) is 11.4 Å². The van der Waals surface area contributed by atoms with Gasteiger partial charge in [0.1, 0.15) is 17.3 Å². The molecule has 5 nitrogen and oxygen atoms in total. The van der Waals surface area contributed by atoms with Gasteiger partial charge in [-0.05, 0) is 19.1 Å². The van der Waals surface area contributed by atoms with Gasteiger partial charge in [-0.2, -0.15) is 0 Å². The van der Waals surface area contributed by atoms with E-state index in [2.05, 4.69) is 9.97 Å². The van der Waals surface area contributed by atoms with E-state index in [1.54, 1.807) is 31.2 Å². The van der Waals surface area contributed by atoms with Crippen LogP contribution in [0.5, 0.6) is 5.75 Å². The molecule has 0 unspecified atom stereocenters. The summed E-state index contributed by atoms with van der Waals surface area (Å²) in [5.41, 5.74) is 0.813.